The molecule has 23 heavy (non-hydrogen) atoms. The third-order valence-corrected chi connectivity index (χ3v) is 5.43. The Labute approximate surface area is 140 Å². The van der Waals surface area contributed by atoms with Gasteiger partial charge in [0.1, 0.15) is 0 Å². The summed E-state index contributed by atoms with van der Waals surface area (Å²) in [7, 11) is 0. The van der Waals surface area contributed by atoms with Crippen LogP contribution in [0.25, 0.3) is 0 Å². The fourth-order valence-electron chi connectivity index (χ4n) is 3.13. The first-order chi connectivity index (χ1) is 11.3. The predicted octanol–water partition coefficient (Wildman–Crippen LogP) is 2.47. The molecule has 0 amide bonds. The van der Waals surface area contributed by atoms with Gasteiger partial charge in [-0.3, -0.25) is 4.90 Å². The molecule has 1 N–H and O–H groups in total. The van der Waals surface area contributed by atoms with E-state index in [1.54, 1.807) is 11.3 Å². The van der Waals surface area contributed by atoms with Gasteiger partial charge in [0.2, 0.25) is 5.89 Å². The van der Waals surface area contributed by atoms with E-state index in [0.29, 0.717) is 12.0 Å². The number of hydrogen-bond acceptors (Lipinski definition) is 7. The second-order valence-electron chi connectivity index (χ2n) is 6.62. The van der Waals surface area contributed by atoms with Gasteiger partial charge in [0, 0.05) is 36.1 Å². The lowest BCUT2D eigenvalue weighted by atomic mass is 10.1. The Kier molecular flexibility index (Phi) is 4.41. The number of nitrogens with zero attached hydrogens (tertiary/aromatic N) is 4. The van der Waals surface area contributed by atoms with Gasteiger partial charge in [-0.15, -0.1) is 11.3 Å². The molecule has 0 spiro atoms. The summed E-state index contributed by atoms with van der Waals surface area (Å²) in [4.78, 5) is 12.6. The van der Waals surface area contributed by atoms with Gasteiger partial charge in [0.05, 0.1) is 11.6 Å². The van der Waals surface area contributed by atoms with Gasteiger partial charge in [-0.1, -0.05) is 5.16 Å². The van der Waals surface area contributed by atoms with Crippen LogP contribution < -0.4 is 5.32 Å². The molecular weight excluding hydrogens is 310 g/mol. The minimum atomic E-state index is 0.529. The standard InChI is InChI=1S/C16H23N5OS/c1-11-17-7-14(23-11)8-18-13-3-2-6-21(9-13)10-15-19-16(22-20-15)12-4-5-12/h7,12-13,18H,2-6,8-10H2,1H3. The lowest BCUT2D eigenvalue weighted by Gasteiger charge is -2.32. The summed E-state index contributed by atoms with van der Waals surface area (Å²) >= 11 is 1.77. The van der Waals surface area contributed by atoms with Gasteiger partial charge < -0.3 is 9.84 Å². The average molecular weight is 333 g/mol. The van der Waals surface area contributed by atoms with Crippen molar-refractivity contribution in [2.24, 2.45) is 0 Å². The molecule has 4 rings (SSSR count). The van der Waals surface area contributed by atoms with Crippen LogP contribution in [-0.2, 0) is 13.1 Å². The number of piperidine rings is 1. The van der Waals surface area contributed by atoms with Crippen molar-refractivity contribution >= 4 is 11.3 Å². The highest BCUT2D eigenvalue weighted by Crippen LogP contribution is 2.38. The van der Waals surface area contributed by atoms with Crippen molar-refractivity contribution in [3.8, 4) is 0 Å². The molecule has 124 valence electrons. The van der Waals surface area contributed by atoms with Crippen LogP contribution in [-0.4, -0.2) is 39.2 Å². The molecular formula is C16H23N5OS. The minimum absolute atomic E-state index is 0.529. The quantitative estimate of drug-likeness (QED) is 0.876. The van der Waals surface area contributed by atoms with Crippen molar-refractivity contribution < 1.29 is 4.52 Å². The highest BCUT2D eigenvalue weighted by Gasteiger charge is 2.30. The Morgan fingerprint density at radius 3 is 3.09 bits per heavy atom. The number of likely N-dealkylation sites (tertiary alicyclic amines) is 1. The van der Waals surface area contributed by atoms with E-state index in [1.807, 2.05) is 6.20 Å². The van der Waals surface area contributed by atoms with Gasteiger partial charge in [0.25, 0.3) is 0 Å². The molecule has 1 atom stereocenters. The summed E-state index contributed by atoms with van der Waals surface area (Å²) in [5.41, 5.74) is 0. The Morgan fingerprint density at radius 1 is 1.39 bits per heavy atom. The van der Waals surface area contributed by atoms with Crippen LogP contribution in [0.4, 0.5) is 0 Å². The monoisotopic (exact) mass is 333 g/mol. The molecule has 1 saturated carbocycles. The molecule has 7 heteroatoms. The molecule has 0 radical (unpaired) electrons. The zero-order valence-electron chi connectivity index (χ0n) is 13.5. The zero-order chi connectivity index (χ0) is 15.6. The molecule has 1 aliphatic carbocycles. The minimum Gasteiger partial charge on any atom is -0.339 e. The van der Waals surface area contributed by atoms with E-state index in [2.05, 4.69) is 32.3 Å². The first-order valence-electron chi connectivity index (χ1n) is 8.46. The summed E-state index contributed by atoms with van der Waals surface area (Å²) in [6.45, 7) is 5.93. The van der Waals surface area contributed by atoms with Crippen molar-refractivity contribution in [3.63, 3.8) is 0 Å². The van der Waals surface area contributed by atoms with E-state index in [9.17, 15) is 0 Å². The SMILES string of the molecule is Cc1ncc(CNC2CCCN(Cc3noc(C4CC4)n3)C2)s1. The van der Waals surface area contributed by atoms with Gasteiger partial charge in [-0.2, -0.15) is 4.98 Å². The van der Waals surface area contributed by atoms with Crippen molar-refractivity contribution in [2.75, 3.05) is 13.1 Å². The number of aromatic nitrogens is 3. The Balaban J connectivity index is 1.27. The van der Waals surface area contributed by atoms with E-state index in [4.69, 9.17) is 4.52 Å². The van der Waals surface area contributed by atoms with E-state index in [1.165, 1.54) is 30.6 Å². The summed E-state index contributed by atoms with van der Waals surface area (Å²) in [6.07, 6.45) is 6.83. The molecule has 2 aromatic heterocycles. The fourth-order valence-corrected chi connectivity index (χ4v) is 3.87. The van der Waals surface area contributed by atoms with Gasteiger partial charge in [0.15, 0.2) is 5.82 Å². The van der Waals surface area contributed by atoms with Crippen molar-refractivity contribution in [1.29, 1.82) is 0 Å². The molecule has 1 unspecified atom stereocenters. The van der Waals surface area contributed by atoms with Gasteiger partial charge in [-0.05, 0) is 39.2 Å². The molecule has 3 heterocycles. The maximum atomic E-state index is 5.36. The predicted molar refractivity (Wildman–Crippen MR) is 88.3 cm³/mol. The second kappa shape index (κ2) is 6.67. The van der Waals surface area contributed by atoms with Crippen LogP contribution in [0.1, 0.15) is 53.2 Å². The van der Waals surface area contributed by atoms with E-state index in [-0.39, 0.29) is 0 Å². The van der Waals surface area contributed by atoms with Gasteiger partial charge in [-0.25, -0.2) is 4.98 Å². The third kappa shape index (κ3) is 3.97. The molecule has 1 saturated heterocycles. The maximum absolute atomic E-state index is 5.36. The van der Waals surface area contributed by atoms with Crippen molar-refractivity contribution in [2.45, 2.75) is 57.7 Å². The van der Waals surface area contributed by atoms with Crippen molar-refractivity contribution in [1.82, 2.24) is 25.3 Å². The van der Waals surface area contributed by atoms with E-state index >= 15 is 0 Å². The lowest BCUT2D eigenvalue weighted by molar-refractivity contribution is 0.177. The number of rotatable bonds is 6. The molecule has 1 aliphatic heterocycles. The molecule has 0 aromatic carbocycles. The first-order valence-corrected chi connectivity index (χ1v) is 9.27. The fraction of sp³-hybridized carbons (Fsp3) is 0.688. The average Bonchev–Trinajstić information content (AvgIpc) is 3.16. The van der Waals surface area contributed by atoms with Crippen molar-refractivity contribution in [3.05, 3.63) is 27.8 Å². The number of thiazole rings is 1. The Bertz CT molecular complexity index is 650. The molecule has 2 aliphatic rings. The van der Waals surface area contributed by atoms with Crippen LogP contribution in [0, 0.1) is 6.92 Å². The van der Waals surface area contributed by atoms with Crippen LogP contribution in [0.3, 0.4) is 0 Å². The molecule has 2 aromatic rings. The molecule has 6 nitrogen and oxygen atoms in total. The van der Waals surface area contributed by atoms with Crippen LogP contribution in [0.5, 0.6) is 0 Å². The van der Waals surface area contributed by atoms with E-state index < -0.39 is 0 Å². The number of aryl methyl sites for hydroxylation is 1. The Hall–Kier alpha value is -1.31. The van der Waals surface area contributed by atoms with Gasteiger partial charge >= 0.3 is 0 Å². The number of nitrogens with one attached hydrogen (secondary N) is 1. The first kappa shape index (κ1) is 15.2. The maximum Gasteiger partial charge on any atom is 0.229 e. The molecule has 0 bridgehead atoms. The van der Waals surface area contributed by atoms with Crippen LogP contribution >= 0.6 is 11.3 Å². The third-order valence-electron chi connectivity index (χ3n) is 4.52. The Morgan fingerprint density at radius 2 is 2.30 bits per heavy atom. The summed E-state index contributed by atoms with van der Waals surface area (Å²) in [5, 5.41) is 8.94. The topological polar surface area (TPSA) is 67.1 Å². The summed E-state index contributed by atoms with van der Waals surface area (Å²) < 4.78 is 5.36. The highest BCUT2D eigenvalue weighted by molar-refractivity contribution is 7.11. The smallest absolute Gasteiger partial charge is 0.229 e. The second-order valence-corrected chi connectivity index (χ2v) is 7.94. The lowest BCUT2D eigenvalue weighted by Crippen LogP contribution is -2.45. The largest absolute Gasteiger partial charge is 0.339 e. The summed E-state index contributed by atoms with van der Waals surface area (Å²) in [6, 6.07) is 0.529. The van der Waals surface area contributed by atoms with Crippen LogP contribution in [0.15, 0.2) is 10.7 Å². The normalized spacial score (nSPS) is 22.6. The van der Waals surface area contributed by atoms with E-state index in [0.717, 1.165) is 42.9 Å². The zero-order valence-corrected chi connectivity index (χ0v) is 14.3. The highest BCUT2D eigenvalue weighted by atomic mass is 32.1. The summed E-state index contributed by atoms with van der Waals surface area (Å²) in [5.74, 6) is 2.22. The molecule has 2 fully saturated rings. The van der Waals surface area contributed by atoms with Crippen LogP contribution in [0.2, 0.25) is 0 Å². The number of hydrogen-bond donors (Lipinski definition) is 1.